The number of rotatable bonds is 4. The van der Waals surface area contributed by atoms with Crippen LogP contribution in [0.3, 0.4) is 0 Å². The number of allylic oxidation sites excluding steroid dienone is 1. The van der Waals surface area contributed by atoms with Gasteiger partial charge in [0, 0.05) is 11.8 Å². The lowest BCUT2D eigenvalue weighted by Crippen LogP contribution is -2.22. The van der Waals surface area contributed by atoms with E-state index in [1.165, 1.54) is 0 Å². The van der Waals surface area contributed by atoms with Crippen molar-refractivity contribution in [1.29, 1.82) is 0 Å². The van der Waals surface area contributed by atoms with E-state index in [1.807, 2.05) is 24.3 Å². The summed E-state index contributed by atoms with van der Waals surface area (Å²) in [4.78, 5) is 0. The van der Waals surface area contributed by atoms with Gasteiger partial charge < -0.3 is 14.8 Å². The third kappa shape index (κ3) is 2.92. The summed E-state index contributed by atoms with van der Waals surface area (Å²) in [5.74, 6) is 0.870. The Labute approximate surface area is 96.1 Å². The molecule has 0 saturated carbocycles. The second kappa shape index (κ2) is 5.45. The molecule has 1 N–H and O–H groups in total. The number of nitrogens with one attached hydrogen (secondary N) is 1. The van der Waals surface area contributed by atoms with E-state index in [-0.39, 0.29) is 6.10 Å². The van der Waals surface area contributed by atoms with Gasteiger partial charge in [0.05, 0.1) is 19.9 Å². The van der Waals surface area contributed by atoms with E-state index < -0.39 is 0 Å². The summed E-state index contributed by atoms with van der Waals surface area (Å²) in [6.07, 6.45) is 6.30. The summed E-state index contributed by atoms with van der Waals surface area (Å²) in [5, 5.41) is 3.35. The Bertz CT molecular complexity index is 363. The average Bonchev–Trinajstić information content (AvgIpc) is 2.38. The maximum Gasteiger partial charge on any atom is 0.120 e. The van der Waals surface area contributed by atoms with E-state index in [0.29, 0.717) is 0 Å². The summed E-state index contributed by atoms with van der Waals surface area (Å²) in [7, 11) is 1.67. The maximum absolute atomic E-state index is 5.48. The summed E-state index contributed by atoms with van der Waals surface area (Å²) in [6, 6.07) is 7.92. The van der Waals surface area contributed by atoms with E-state index in [9.17, 15) is 0 Å². The van der Waals surface area contributed by atoms with Crippen LogP contribution in [0.2, 0.25) is 0 Å². The van der Waals surface area contributed by atoms with Gasteiger partial charge in [-0.2, -0.15) is 0 Å². The van der Waals surface area contributed by atoms with Crippen molar-refractivity contribution in [1.82, 2.24) is 0 Å². The largest absolute Gasteiger partial charge is 0.497 e. The van der Waals surface area contributed by atoms with Crippen molar-refractivity contribution in [2.75, 3.05) is 19.0 Å². The predicted octanol–water partition coefficient (Wildman–Crippen LogP) is 2.80. The summed E-state index contributed by atoms with van der Waals surface area (Å²) < 4.78 is 10.6. The maximum atomic E-state index is 5.48. The Balaban J connectivity index is 1.86. The molecule has 0 bridgehead atoms. The number of benzene rings is 1. The van der Waals surface area contributed by atoms with Crippen LogP contribution < -0.4 is 10.1 Å². The summed E-state index contributed by atoms with van der Waals surface area (Å²) >= 11 is 0. The quantitative estimate of drug-likeness (QED) is 0.844. The molecule has 1 aromatic rings. The molecule has 0 aromatic heterocycles. The van der Waals surface area contributed by atoms with E-state index in [2.05, 4.69) is 11.4 Å². The summed E-state index contributed by atoms with van der Waals surface area (Å²) in [5.41, 5.74) is 1.07. The zero-order valence-corrected chi connectivity index (χ0v) is 9.48. The molecular weight excluding hydrogens is 202 g/mol. The van der Waals surface area contributed by atoms with Crippen molar-refractivity contribution >= 4 is 5.69 Å². The van der Waals surface area contributed by atoms with E-state index in [0.717, 1.165) is 30.8 Å². The van der Waals surface area contributed by atoms with Crippen molar-refractivity contribution in [2.24, 2.45) is 0 Å². The Morgan fingerprint density at radius 1 is 1.50 bits per heavy atom. The Morgan fingerprint density at radius 2 is 2.44 bits per heavy atom. The SMILES string of the molecule is COc1cccc(NCC2CCC=CO2)c1. The molecule has 3 heteroatoms. The zero-order valence-electron chi connectivity index (χ0n) is 9.48. The first-order chi connectivity index (χ1) is 7.88. The molecule has 0 amide bonds. The molecule has 2 rings (SSSR count). The van der Waals surface area contributed by atoms with Crippen LogP contribution in [0.1, 0.15) is 12.8 Å². The second-order valence-electron chi connectivity index (χ2n) is 3.82. The Kier molecular flexibility index (Phi) is 3.70. The first-order valence-corrected chi connectivity index (χ1v) is 5.57. The van der Waals surface area contributed by atoms with Gasteiger partial charge in [-0.05, 0) is 31.1 Å². The number of hydrogen-bond acceptors (Lipinski definition) is 3. The first-order valence-electron chi connectivity index (χ1n) is 5.57. The van der Waals surface area contributed by atoms with Gasteiger partial charge in [0.1, 0.15) is 11.9 Å². The van der Waals surface area contributed by atoms with Gasteiger partial charge >= 0.3 is 0 Å². The highest BCUT2D eigenvalue weighted by molar-refractivity contribution is 5.48. The molecule has 16 heavy (non-hydrogen) atoms. The van der Waals surface area contributed by atoms with Crippen molar-refractivity contribution < 1.29 is 9.47 Å². The van der Waals surface area contributed by atoms with Crippen LogP contribution in [-0.2, 0) is 4.74 Å². The topological polar surface area (TPSA) is 30.5 Å². The van der Waals surface area contributed by atoms with Gasteiger partial charge in [0.2, 0.25) is 0 Å². The molecule has 0 spiro atoms. The second-order valence-corrected chi connectivity index (χ2v) is 3.82. The average molecular weight is 219 g/mol. The number of anilines is 1. The minimum absolute atomic E-state index is 0.274. The fraction of sp³-hybridized carbons (Fsp3) is 0.385. The highest BCUT2D eigenvalue weighted by Gasteiger charge is 2.10. The highest BCUT2D eigenvalue weighted by atomic mass is 16.5. The Morgan fingerprint density at radius 3 is 3.19 bits per heavy atom. The highest BCUT2D eigenvalue weighted by Crippen LogP contribution is 2.17. The smallest absolute Gasteiger partial charge is 0.120 e. The van der Waals surface area contributed by atoms with Crippen LogP contribution in [0.4, 0.5) is 5.69 Å². The van der Waals surface area contributed by atoms with Crippen molar-refractivity contribution in [3.05, 3.63) is 36.6 Å². The molecule has 0 saturated heterocycles. The number of ether oxygens (including phenoxy) is 2. The lowest BCUT2D eigenvalue weighted by atomic mass is 10.1. The van der Waals surface area contributed by atoms with E-state index >= 15 is 0 Å². The molecule has 0 radical (unpaired) electrons. The van der Waals surface area contributed by atoms with Gasteiger partial charge in [-0.25, -0.2) is 0 Å². The van der Waals surface area contributed by atoms with Crippen LogP contribution >= 0.6 is 0 Å². The first kappa shape index (κ1) is 10.9. The van der Waals surface area contributed by atoms with Crippen molar-refractivity contribution in [3.8, 4) is 5.75 Å². The molecule has 1 heterocycles. The monoisotopic (exact) mass is 219 g/mol. The molecule has 1 aliphatic rings. The fourth-order valence-corrected chi connectivity index (χ4v) is 1.70. The predicted molar refractivity (Wildman–Crippen MR) is 64.7 cm³/mol. The lowest BCUT2D eigenvalue weighted by Gasteiger charge is -2.20. The molecule has 1 atom stereocenters. The summed E-state index contributed by atoms with van der Waals surface area (Å²) in [6.45, 7) is 0.831. The molecule has 3 nitrogen and oxygen atoms in total. The molecule has 0 fully saturated rings. The van der Waals surface area contributed by atoms with E-state index in [1.54, 1.807) is 13.4 Å². The van der Waals surface area contributed by atoms with Crippen LogP contribution in [0, 0.1) is 0 Å². The van der Waals surface area contributed by atoms with Gasteiger partial charge in [-0.15, -0.1) is 0 Å². The normalized spacial score (nSPS) is 18.9. The lowest BCUT2D eigenvalue weighted by molar-refractivity contribution is 0.135. The van der Waals surface area contributed by atoms with Gasteiger partial charge in [-0.3, -0.25) is 0 Å². The van der Waals surface area contributed by atoms with Crippen LogP contribution in [0.25, 0.3) is 0 Å². The van der Waals surface area contributed by atoms with Gasteiger partial charge in [0.25, 0.3) is 0 Å². The molecule has 1 aliphatic heterocycles. The van der Waals surface area contributed by atoms with Crippen molar-refractivity contribution in [3.63, 3.8) is 0 Å². The number of hydrogen-bond donors (Lipinski definition) is 1. The number of methoxy groups -OCH3 is 1. The fourth-order valence-electron chi connectivity index (χ4n) is 1.70. The molecular formula is C13H17NO2. The van der Waals surface area contributed by atoms with Crippen molar-refractivity contribution in [2.45, 2.75) is 18.9 Å². The third-order valence-corrected chi connectivity index (χ3v) is 2.63. The minimum Gasteiger partial charge on any atom is -0.497 e. The van der Waals surface area contributed by atoms with Crippen LogP contribution in [0.5, 0.6) is 5.75 Å². The van der Waals surface area contributed by atoms with Gasteiger partial charge in [-0.1, -0.05) is 6.07 Å². The molecule has 0 aliphatic carbocycles. The third-order valence-electron chi connectivity index (χ3n) is 2.63. The molecule has 1 unspecified atom stereocenters. The Hall–Kier alpha value is -1.64. The van der Waals surface area contributed by atoms with Gasteiger partial charge in [0.15, 0.2) is 0 Å². The van der Waals surface area contributed by atoms with Crippen LogP contribution in [0.15, 0.2) is 36.6 Å². The van der Waals surface area contributed by atoms with Crippen LogP contribution in [-0.4, -0.2) is 19.8 Å². The standard InChI is InChI=1S/C13H17NO2/c1-15-12-7-4-5-11(9-12)14-10-13-6-2-3-8-16-13/h3-5,7-9,13-14H,2,6,10H2,1H3. The molecule has 1 aromatic carbocycles. The zero-order chi connectivity index (χ0) is 11.2. The van der Waals surface area contributed by atoms with E-state index in [4.69, 9.17) is 9.47 Å². The minimum atomic E-state index is 0.274. The molecule has 86 valence electrons.